The Kier molecular flexibility index (Phi) is 6.05. The molecule has 0 saturated carbocycles. The van der Waals surface area contributed by atoms with Gasteiger partial charge in [-0.1, -0.05) is 18.2 Å². The Hall–Kier alpha value is -2.78. The molecule has 1 aliphatic heterocycles. The fourth-order valence-electron chi connectivity index (χ4n) is 3.44. The van der Waals surface area contributed by atoms with Crippen LogP contribution in [0.3, 0.4) is 0 Å². The fourth-order valence-corrected chi connectivity index (χ4v) is 3.44. The second-order valence-electron chi connectivity index (χ2n) is 7.09. The average Bonchev–Trinajstić information content (AvgIpc) is 2.66. The van der Waals surface area contributed by atoms with E-state index in [1.807, 2.05) is 13.8 Å². The zero-order valence-corrected chi connectivity index (χ0v) is 16.3. The summed E-state index contributed by atoms with van der Waals surface area (Å²) in [6.45, 7) is 6.15. The van der Waals surface area contributed by atoms with Crippen molar-refractivity contribution in [1.29, 1.82) is 0 Å². The molecular formula is C19H25N5O4. The van der Waals surface area contributed by atoms with Crippen LogP contribution >= 0.6 is 0 Å². The van der Waals surface area contributed by atoms with Crippen molar-refractivity contribution in [2.45, 2.75) is 32.5 Å². The normalized spacial score (nSPS) is 20.1. The van der Waals surface area contributed by atoms with Gasteiger partial charge in [0.15, 0.2) is 5.69 Å². The molecule has 2 aromatic rings. The largest absolute Gasteiger partial charge is 0.373 e. The zero-order valence-electron chi connectivity index (χ0n) is 16.3. The number of aromatic nitrogens is 2. The molecule has 28 heavy (non-hydrogen) atoms. The highest BCUT2D eigenvalue weighted by Gasteiger charge is 2.22. The Labute approximate surface area is 162 Å². The molecule has 2 atom stereocenters. The van der Waals surface area contributed by atoms with Gasteiger partial charge < -0.3 is 4.74 Å². The van der Waals surface area contributed by atoms with Crippen molar-refractivity contribution in [1.82, 2.24) is 25.5 Å². The summed E-state index contributed by atoms with van der Waals surface area (Å²) in [5.41, 5.74) is 4.59. The van der Waals surface area contributed by atoms with E-state index in [-0.39, 0.29) is 35.8 Å². The van der Waals surface area contributed by atoms with Crippen molar-refractivity contribution < 1.29 is 14.3 Å². The minimum Gasteiger partial charge on any atom is -0.373 e. The van der Waals surface area contributed by atoms with Crippen LogP contribution in [0.5, 0.6) is 0 Å². The summed E-state index contributed by atoms with van der Waals surface area (Å²) in [6, 6.07) is 6.74. The third-order valence-corrected chi connectivity index (χ3v) is 4.64. The van der Waals surface area contributed by atoms with Gasteiger partial charge in [0, 0.05) is 38.5 Å². The van der Waals surface area contributed by atoms with Crippen molar-refractivity contribution >= 4 is 22.6 Å². The summed E-state index contributed by atoms with van der Waals surface area (Å²) in [6.07, 6.45) is 0.521. The Morgan fingerprint density at radius 2 is 1.79 bits per heavy atom. The number of nitrogens with one attached hydrogen (secondary N) is 2. The van der Waals surface area contributed by atoms with Gasteiger partial charge in [0.2, 0.25) is 5.91 Å². The van der Waals surface area contributed by atoms with Gasteiger partial charge in [-0.2, -0.15) is 5.10 Å². The smallest absolute Gasteiger partial charge is 0.290 e. The van der Waals surface area contributed by atoms with E-state index in [2.05, 4.69) is 20.9 Å². The van der Waals surface area contributed by atoms with E-state index in [0.29, 0.717) is 17.3 Å². The van der Waals surface area contributed by atoms with Gasteiger partial charge in [0.25, 0.3) is 11.5 Å². The van der Waals surface area contributed by atoms with Gasteiger partial charge >= 0.3 is 0 Å². The summed E-state index contributed by atoms with van der Waals surface area (Å²) >= 11 is 0. The predicted molar refractivity (Wildman–Crippen MR) is 104 cm³/mol. The highest BCUT2D eigenvalue weighted by Crippen LogP contribution is 2.13. The van der Waals surface area contributed by atoms with Crippen LogP contribution in [0.1, 0.15) is 30.8 Å². The molecule has 0 aliphatic carbocycles. The number of rotatable bonds is 4. The van der Waals surface area contributed by atoms with Crippen molar-refractivity contribution in [3.8, 4) is 0 Å². The molecule has 0 radical (unpaired) electrons. The van der Waals surface area contributed by atoms with Crippen LogP contribution in [0.2, 0.25) is 0 Å². The minimum atomic E-state index is -0.575. The van der Waals surface area contributed by atoms with Gasteiger partial charge in [0.1, 0.15) is 0 Å². The Morgan fingerprint density at radius 1 is 1.14 bits per heavy atom. The lowest BCUT2D eigenvalue weighted by Gasteiger charge is -2.35. The number of aryl methyl sites for hydroxylation is 1. The van der Waals surface area contributed by atoms with Gasteiger partial charge in [0.05, 0.1) is 17.6 Å². The lowest BCUT2D eigenvalue weighted by Crippen LogP contribution is -2.47. The molecule has 1 aromatic carbocycles. The molecule has 1 fully saturated rings. The molecule has 1 aromatic heterocycles. The molecule has 0 unspecified atom stereocenters. The van der Waals surface area contributed by atoms with Crippen LogP contribution in [0.25, 0.3) is 10.8 Å². The topological polar surface area (TPSA) is 106 Å². The molecule has 150 valence electrons. The van der Waals surface area contributed by atoms with Crippen LogP contribution in [0.4, 0.5) is 0 Å². The van der Waals surface area contributed by atoms with Crippen molar-refractivity contribution in [2.75, 3.05) is 19.6 Å². The number of ether oxygens (including phenoxy) is 1. The molecule has 9 nitrogen and oxygen atoms in total. The van der Waals surface area contributed by atoms with Crippen molar-refractivity contribution in [2.24, 2.45) is 7.05 Å². The van der Waals surface area contributed by atoms with E-state index < -0.39 is 5.91 Å². The molecule has 2 amide bonds. The molecule has 9 heteroatoms. The molecular weight excluding hydrogens is 362 g/mol. The van der Waals surface area contributed by atoms with Crippen LogP contribution in [-0.4, -0.2) is 58.3 Å². The predicted octanol–water partition coefficient (Wildman–Crippen LogP) is 0.194. The van der Waals surface area contributed by atoms with Crippen LogP contribution in [0.15, 0.2) is 29.1 Å². The number of fused-ring (bicyclic) bond motifs is 1. The number of amides is 2. The number of hydrogen-bond donors (Lipinski definition) is 2. The van der Waals surface area contributed by atoms with Gasteiger partial charge in [-0.05, 0) is 19.9 Å². The first kappa shape index (κ1) is 20.0. The summed E-state index contributed by atoms with van der Waals surface area (Å²) in [5, 5.41) is 4.87. The molecule has 2 heterocycles. The molecule has 1 aliphatic rings. The van der Waals surface area contributed by atoms with Crippen molar-refractivity contribution in [3.05, 3.63) is 40.3 Å². The van der Waals surface area contributed by atoms with Crippen LogP contribution in [-0.2, 0) is 16.6 Å². The molecule has 0 bridgehead atoms. The number of carbonyl (C=O) groups is 2. The van der Waals surface area contributed by atoms with Crippen molar-refractivity contribution in [3.63, 3.8) is 0 Å². The first-order valence-corrected chi connectivity index (χ1v) is 9.28. The number of hydrazine groups is 1. The molecule has 3 rings (SSSR count). The SMILES string of the molecule is C[C@@H]1CN(CCC(=O)NNC(=O)c2nn(C)c(=O)c3ccccc23)C[C@H](C)O1. The third kappa shape index (κ3) is 4.55. The highest BCUT2D eigenvalue weighted by atomic mass is 16.5. The monoisotopic (exact) mass is 387 g/mol. The van der Waals surface area contributed by atoms with E-state index in [0.717, 1.165) is 17.8 Å². The molecule has 1 saturated heterocycles. The quantitative estimate of drug-likeness (QED) is 0.726. The number of carbonyl (C=O) groups excluding carboxylic acids is 2. The average molecular weight is 387 g/mol. The van der Waals surface area contributed by atoms with E-state index in [9.17, 15) is 14.4 Å². The lowest BCUT2D eigenvalue weighted by atomic mass is 10.1. The summed E-state index contributed by atoms with van der Waals surface area (Å²) < 4.78 is 6.78. The zero-order chi connectivity index (χ0) is 20.3. The van der Waals surface area contributed by atoms with Gasteiger partial charge in [-0.3, -0.25) is 30.1 Å². The Morgan fingerprint density at radius 3 is 2.46 bits per heavy atom. The second-order valence-corrected chi connectivity index (χ2v) is 7.09. The summed E-state index contributed by atoms with van der Waals surface area (Å²) in [7, 11) is 1.48. The number of hydrogen-bond acceptors (Lipinski definition) is 6. The van der Waals surface area contributed by atoms with E-state index in [1.165, 1.54) is 7.05 Å². The second kappa shape index (κ2) is 8.49. The lowest BCUT2D eigenvalue weighted by molar-refractivity contribution is -0.123. The van der Waals surface area contributed by atoms with E-state index >= 15 is 0 Å². The highest BCUT2D eigenvalue weighted by molar-refractivity contribution is 6.05. The number of benzene rings is 1. The maximum atomic E-state index is 12.5. The third-order valence-electron chi connectivity index (χ3n) is 4.64. The van der Waals surface area contributed by atoms with Gasteiger partial charge in [-0.15, -0.1) is 0 Å². The number of morpholine rings is 1. The molecule has 2 N–H and O–H groups in total. The Balaban J connectivity index is 1.59. The Bertz CT molecular complexity index is 932. The fraction of sp³-hybridized carbons (Fsp3) is 0.474. The van der Waals surface area contributed by atoms with E-state index in [4.69, 9.17) is 4.74 Å². The van der Waals surface area contributed by atoms with Crippen LogP contribution in [0, 0.1) is 0 Å². The number of nitrogens with zero attached hydrogens (tertiary/aromatic N) is 3. The van der Waals surface area contributed by atoms with E-state index in [1.54, 1.807) is 24.3 Å². The first-order valence-electron chi connectivity index (χ1n) is 9.28. The molecule has 0 spiro atoms. The van der Waals surface area contributed by atoms with Gasteiger partial charge in [-0.25, -0.2) is 4.68 Å². The maximum Gasteiger partial charge on any atom is 0.290 e. The minimum absolute atomic E-state index is 0.0776. The van der Waals surface area contributed by atoms with Crippen LogP contribution < -0.4 is 16.4 Å². The summed E-state index contributed by atoms with van der Waals surface area (Å²) in [4.78, 5) is 38.9. The summed E-state index contributed by atoms with van der Waals surface area (Å²) in [5.74, 6) is -0.872. The first-order chi connectivity index (χ1) is 13.3. The standard InChI is InChI=1S/C19H25N5O4/c1-12-10-24(11-13(2)28-12)9-8-16(25)20-21-18(26)17-14-6-4-5-7-15(14)19(27)23(3)22-17/h4-7,12-13H,8-11H2,1-3H3,(H,20,25)(H,21,26)/t12-,13+. The maximum absolute atomic E-state index is 12.5.